The second kappa shape index (κ2) is 18.2. The molecule has 19 heteroatoms. The quantitative estimate of drug-likeness (QED) is 0.210. The Morgan fingerprint density at radius 2 is 1.38 bits per heavy atom. The van der Waals surface area contributed by atoms with E-state index in [0.717, 1.165) is 11.1 Å². The fourth-order valence-corrected chi connectivity index (χ4v) is 5.50. The zero-order valence-corrected chi connectivity index (χ0v) is 31.9. The summed E-state index contributed by atoms with van der Waals surface area (Å²) in [6.07, 6.45) is -0.111. The van der Waals surface area contributed by atoms with Crippen LogP contribution in [0.25, 0.3) is 21.1 Å². The third-order valence-corrected chi connectivity index (χ3v) is 13.1. The van der Waals surface area contributed by atoms with Gasteiger partial charge in [0.25, 0.3) is 0 Å². The van der Waals surface area contributed by atoms with Crippen LogP contribution in [0.1, 0.15) is 59.1 Å². The lowest BCUT2D eigenvalue weighted by Crippen LogP contribution is -2.36. The van der Waals surface area contributed by atoms with Crippen LogP contribution in [0.5, 0.6) is 0 Å². The summed E-state index contributed by atoms with van der Waals surface area (Å²) in [6, 6.07) is 13.6. The van der Waals surface area contributed by atoms with Gasteiger partial charge in [-0.2, -0.15) is 0 Å². The fraction of sp³-hybridized carbons (Fsp3) is 0.448. The highest BCUT2D eigenvalue weighted by atomic mass is 35.7. The van der Waals surface area contributed by atoms with Gasteiger partial charge in [-0.15, -0.1) is 11.3 Å². The Bertz CT molecular complexity index is 2030. The number of hydrogen-bond acceptors (Lipinski definition) is 10. The van der Waals surface area contributed by atoms with Crippen LogP contribution in [0.2, 0.25) is 0 Å². The molecule has 0 spiro atoms. The van der Waals surface area contributed by atoms with Gasteiger partial charge in [0, 0.05) is 33.7 Å². The predicted molar refractivity (Wildman–Crippen MR) is 195 cm³/mol. The highest BCUT2D eigenvalue weighted by Gasteiger charge is 2.20. The van der Waals surface area contributed by atoms with E-state index in [0.29, 0.717) is 12.1 Å². The Morgan fingerprint density at radius 1 is 0.875 bits per heavy atom. The Hall–Kier alpha value is -2.84. The number of thiophene rings is 1. The molecule has 0 aliphatic heterocycles. The summed E-state index contributed by atoms with van der Waals surface area (Å²) in [5, 5.41) is 6.28. The second-order valence-electron chi connectivity index (χ2n) is 11.2. The molecule has 4 aromatic rings. The van der Waals surface area contributed by atoms with Crippen LogP contribution >= 0.6 is 22.0 Å². The molecule has 8 N–H and O–H groups in total. The largest absolute Gasteiger partial charge is 0.412 e. The van der Waals surface area contributed by atoms with E-state index in [1.807, 2.05) is 30.3 Å². The standard InChI is InChI=1S/C23H25N3O4S2.C3H7ClO2S.C3H9NO2S.H3N.H2O/c1-15(2)32(29,30)24-21(27)11-12-25-18-8-4-5-9-19(18)26(23(25)28)13-17-14-31-20-10-6-7-16(3)22(17)20;2*1-3(2)7(4,5)6;;/h4-10,14-15H,11-13H2,1-3H3,(H,24,27);3H,1-2H3;3H,1-2H3,(H2,4,5,6);1H3;1H2. The number of rotatable bonds is 9. The van der Waals surface area contributed by atoms with Crippen molar-refractivity contribution < 1.29 is 35.5 Å². The molecule has 2 aromatic heterocycles. The van der Waals surface area contributed by atoms with Gasteiger partial charge in [-0.05, 0) is 83.2 Å². The summed E-state index contributed by atoms with van der Waals surface area (Å²) in [5.74, 6) is -0.623. The number of nitrogens with two attached hydrogens (primary N) is 1. The van der Waals surface area contributed by atoms with Gasteiger partial charge in [-0.3, -0.25) is 18.7 Å². The lowest BCUT2D eigenvalue weighted by molar-refractivity contribution is -0.119. The number of nitrogens with one attached hydrogen (secondary N) is 1. The van der Waals surface area contributed by atoms with Crippen molar-refractivity contribution in [2.45, 2.75) is 83.7 Å². The van der Waals surface area contributed by atoms with Crippen molar-refractivity contribution in [2.24, 2.45) is 5.14 Å². The lowest BCUT2D eigenvalue weighted by Gasteiger charge is -2.09. The lowest BCUT2D eigenvalue weighted by atomic mass is 10.1. The summed E-state index contributed by atoms with van der Waals surface area (Å²) < 4.78 is 70.8. The summed E-state index contributed by atoms with van der Waals surface area (Å²) in [7, 11) is -5.37. The van der Waals surface area contributed by atoms with Gasteiger partial charge in [0.2, 0.25) is 35.0 Å². The number of benzene rings is 2. The average molecular weight is 772 g/mol. The minimum Gasteiger partial charge on any atom is -0.412 e. The molecule has 0 bridgehead atoms. The predicted octanol–water partition coefficient (Wildman–Crippen LogP) is 3.60. The van der Waals surface area contributed by atoms with Gasteiger partial charge < -0.3 is 11.6 Å². The molecule has 0 atom stereocenters. The smallest absolute Gasteiger partial charge is 0.329 e. The number of primary sulfonamides is 1. The highest BCUT2D eigenvalue weighted by molar-refractivity contribution is 8.14. The number of halogens is 1. The van der Waals surface area contributed by atoms with Crippen LogP contribution in [0.4, 0.5) is 0 Å². The third-order valence-electron chi connectivity index (χ3n) is 6.80. The van der Waals surface area contributed by atoms with Gasteiger partial charge in [0.05, 0.1) is 33.3 Å². The SMILES string of the molecule is CC(C)S(=O)(=O)Cl.CC(C)S(N)(=O)=O.Cc1cccc2scc(Cn3c(=O)n(CCC(=O)NS(=O)(=O)C(C)C)c4ccccc43)c12.N.O. The summed E-state index contributed by atoms with van der Waals surface area (Å²) in [5.41, 5.74) is 3.51. The maximum absolute atomic E-state index is 13.3. The second-order valence-corrected chi connectivity index (χ2v) is 19.7. The average Bonchev–Trinajstić information content (AvgIpc) is 3.46. The molecule has 0 radical (unpaired) electrons. The highest BCUT2D eigenvalue weighted by Crippen LogP contribution is 2.30. The zero-order valence-electron chi connectivity index (χ0n) is 27.9. The molecule has 1 amide bonds. The molecule has 272 valence electrons. The number of hydrogen-bond donors (Lipinski definition) is 3. The van der Waals surface area contributed by atoms with Crippen molar-refractivity contribution in [3.8, 4) is 0 Å². The van der Waals surface area contributed by atoms with Gasteiger partial charge in [0.1, 0.15) is 0 Å². The van der Waals surface area contributed by atoms with Crippen LogP contribution in [0, 0.1) is 6.92 Å². The van der Waals surface area contributed by atoms with E-state index in [1.165, 1.54) is 57.2 Å². The number of aryl methyl sites for hydroxylation is 2. The molecular weight excluding hydrogens is 726 g/mol. The first-order valence-electron chi connectivity index (χ1n) is 14.2. The first kappa shape index (κ1) is 45.2. The van der Waals surface area contributed by atoms with Crippen molar-refractivity contribution in [1.82, 2.24) is 20.0 Å². The van der Waals surface area contributed by atoms with Crippen LogP contribution in [0.15, 0.2) is 52.6 Å². The first-order chi connectivity index (χ1) is 21.1. The molecule has 0 aliphatic rings. The third kappa shape index (κ3) is 12.2. The van der Waals surface area contributed by atoms with E-state index < -0.39 is 50.8 Å². The molecule has 0 aliphatic carbocycles. The van der Waals surface area contributed by atoms with E-state index in [9.17, 15) is 34.8 Å². The molecular formula is C29H46ClN5O9S4. The maximum Gasteiger partial charge on any atom is 0.329 e. The Kier molecular flexibility index (Phi) is 17.2. The number of sulfonamides is 2. The number of carbonyl (C=O) groups excluding carboxylic acids is 1. The van der Waals surface area contributed by atoms with Crippen molar-refractivity contribution in [3.63, 3.8) is 0 Å². The number of amides is 1. The van der Waals surface area contributed by atoms with Gasteiger partial charge in [-0.1, -0.05) is 24.3 Å². The Morgan fingerprint density at radius 3 is 1.83 bits per heavy atom. The molecule has 0 saturated carbocycles. The maximum atomic E-state index is 13.3. The minimum absolute atomic E-state index is 0. The van der Waals surface area contributed by atoms with Gasteiger partial charge >= 0.3 is 5.69 Å². The van der Waals surface area contributed by atoms with Gasteiger partial charge in [0.15, 0.2) is 0 Å². The van der Waals surface area contributed by atoms with Crippen molar-refractivity contribution in [2.75, 3.05) is 0 Å². The van der Waals surface area contributed by atoms with Crippen molar-refractivity contribution in [3.05, 3.63) is 69.5 Å². The fourth-order valence-electron chi connectivity index (χ4n) is 3.81. The van der Waals surface area contributed by atoms with E-state index >= 15 is 0 Å². The van der Waals surface area contributed by atoms with Gasteiger partial charge in [-0.25, -0.2) is 35.2 Å². The zero-order chi connectivity index (χ0) is 35.2. The van der Waals surface area contributed by atoms with Crippen LogP contribution < -0.4 is 21.7 Å². The van der Waals surface area contributed by atoms with E-state index in [4.69, 9.17) is 10.7 Å². The molecule has 14 nitrogen and oxygen atoms in total. The van der Waals surface area contributed by atoms with Crippen molar-refractivity contribution in [1.29, 1.82) is 0 Å². The van der Waals surface area contributed by atoms with Crippen LogP contribution in [-0.4, -0.2) is 61.5 Å². The number of carbonyl (C=O) groups is 1. The summed E-state index contributed by atoms with van der Waals surface area (Å²) >= 11 is 1.66. The summed E-state index contributed by atoms with van der Waals surface area (Å²) in [4.78, 5) is 25.5. The molecule has 0 unspecified atom stereocenters. The number of nitrogens with zero attached hydrogens (tertiary/aromatic N) is 2. The molecule has 2 aromatic carbocycles. The van der Waals surface area contributed by atoms with E-state index in [-0.39, 0.29) is 30.3 Å². The normalized spacial score (nSPS) is 11.8. The van der Waals surface area contributed by atoms with E-state index in [1.54, 1.807) is 20.5 Å². The van der Waals surface area contributed by atoms with Crippen molar-refractivity contribution >= 4 is 78.1 Å². The minimum atomic E-state index is -3.70. The number of imidazole rings is 1. The summed E-state index contributed by atoms with van der Waals surface area (Å²) in [6.45, 7) is 11.7. The topological polar surface area (TPSA) is 251 Å². The number of para-hydroxylation sites is 2. The van der Waals surface area contributed by atoms with E-state index in [2.05, 4.69) is 34.3 Å². The Balaban J connectivity index is 0.00000117. The monoisotopic (exact) mass is 771 g/mol. The molecule has 4 rings (SSSR count). The molecule has 0 fully saturated rings. The molecule has 2 heterocycles. The van der Waals surface area contributed by atoms with Crippen LogP contribution in [-0.2, 0) is 47.0 Å². The molecule has 48 heavy (non-hydrogen) atoms. The number of aromatic nitrogens is 2. The van der Waals surface area contributed by atoms with Crippen LogP contribution in [0.3, 0.4) is 0 Å². The molecule has 0 saturated heterocycles. The first-order valence-corrected chi connectivity index (χ1v) is 20.6. The Labute approximate surface area is 290 Å². The number of fused-ring (bicyclic) bond motifs is 2.